The van der Waals surface area contributed by atoms with Crippen molar-refractivity contribution < 1.29 is 0 Å². The molecule has 1 N–H and O–H groups in total. The summed E-state index contributed by atoms with van der Waals surface area (Å²) in [5.41, 5.74) is 3.79. The monoisotopic (exact) mass is 273 g/mol. The lowest BCUT2D eigenvalue weighted by Gasteiger charge is -2.19. The van der Waals surface area contributed by atoms with E-state index < -0.39 is 0 Å². The first-order valence-corrected chi connectivity index (χ1v) is 6.92. The van der Waals surface area contributed by atoms with Crippen molar-refractivity contribution in [3.63, 3.8) is 0 Å². The Kier molecular flexibility index (Phi) is 4.16. The summed E-state index contributed by atoms with van der Waals surface area (Å²) >= 11 is 6.11. The summed E-state index contributed by atoms with van der Waals surface area (Å²) in [5, 5.41) is 4.11. The molecule has 0 bridgehead atoms. The molecule has 0 aromatic heterocycles. The third-order valence-electron chi connectivity index (χ3n) is 3.18. The summed E-state index contributed by atoms with van der Waals surface area (Å²) in [6.45, 7) is 7.46. The zero-order valence-corrected chi connectivity index (χ0v) is 12.5. The molecule has 2 aromatic rings. The SMILES string of the molecule is CC(C)(C)c1ccc(CNc2ccccc2Cl)cc1. The number of anilines is 1. The van der Waals surface area contributed by atoms with E-state index in [1.165, 1.54) is 11.1 Å². The molecule has 2 heteroatoms. The number of rotatable bonds is 3. The van der Waals surface area contributed by atoms with Crippen LogP contribution in [0.2, 0.25) is 5.02 Å². The normalized spacial score (nSPS) is 11.4. The van der Waals surface area contributed by atoms with Crippen LogP contribution in [0.15, 0.2) is 48.5 Å². The van der Waals surface area contributed by atoms with Gasteiger partial charge in [-0.2, -0.15) is 0 Å². The van der Waals surface area contributed by atoms with E-state index in [1.54, 1.807) is 0 Å². The Balaban J connectivity index is 2.03. The van der Waals surface area contributed by atoms with Crippen LogP contribution < -0.4 is 5.32 Å². The fraction of sp³-hybridized carbons (Fsp3) is 0.294. The highest BCUT2D eigenvalue weighted by Gasteiger charge is 2.12. The molecule has 0 aliphatic rings. The molecule has 19 heavy (non-hydrogen) atoms. The molecule has 0 fully saturated rings. The van der Waals surface area contributed by atoms with Crippen LogP contribution >= 0.6 is 11.6 Å². The van der Waals surface area contributed by atoms with Crippen LogP contribution in [0.1, 0.15) is 31.9 Å². The fourth-order valence-electron chi connectivity index (χ4n) is 1.92. The molecular formula is C17H20ClN. The molecule has 100 valence electrons. The molecule has 2 rings (SSSR count). The van der Waals surface area contributed by atoms with Crippen molar-refractivity contribution >= 4 is 17.3 Å². The second-order valence-electron chi connectivity index (χ2n) is 5.78. The number of para-hydroxylation sites is 1. The predicted octanol–water partition coefficient (Wildman–Crippen LogP) is 5.25. The number of hydrogen-bond acceptors (Lipinski definition) is 1. The minimum absolute atomic E-state index is 0.203. The van der Waals surface area contributed by atoms with Crippen LogP contribution in [0, 0.1) is 0 Å². The molecule has 0 amide bonds. The summed E-state index contributed by atoms with van der Waals surface area (Å²) in [6.07, 6.45) is 0. The van der Waals surface area contributed by atoms with Crippen molar-refractivity contribution in [2.75, 3.05) is 5.32 Å². The van der Waals surface area contributed by atoms with Crippen molar-refractivity contribution in [3.05, 3.63) is 64.7 Å². The number of nitrogens with one attached hydrogen (secondary N) is 1. The van der Waals surface area contributed by atoms with Crippen LogP contribution in [0.25, 0.3) is 0 Å². The Hall–Kier alpha value is -1.47. The zero-order chi connectivity index (χ0) is 13.9. The molecule has 1 nitrogen and oxygen atoms in total. The molecule has 0 saturated carbocycles. The zero-order valence-electron chi connectivity index (χ0n) is 11.7. The Morgan fingerprint density at radius 1 is 0.947 bits per heavy atom. The highest BCUT2D eigenvalue weighted by molar-refractivity contribution is 6.33. The summed E-state index contributed by atoms with van der Waals surface area (Å²) in [5.74, 6) is 0. The first kappa shape index (κ1) is 14.0. The highest BCUT2D eigenvalue weighted by atomic mass is 35.5. The smallest absolute Gasteiger partial charge is 0.0637 e. The van der Waals surface area contributed by atoms with Gasteiger partial charge in [0.25, 0.3) is 0 Å². The van der Waals surface area contributed by atoms with E-state index in [9.17, 15) is 0 Å². The van der Waals surface area contributed by atoms with E-state index in [-0.39, 0.29) is 5.41 Å². The van der Waals surface area contributed by atoms with Gasteiger partial charge >= 0.3 is 0 Å². The van der Waals surface area contributed by atoms with Crippen LogP contribution in [-0.4, -0.2) is 0 Å². The molecule has 0 aliphatic carbocycles. The van der Waals surface area contributed by atoms with E-state index in [1.807, 2.05) is 24.3 Å². The summed E-state index contributed by atoms with van der Waals surface area (Å²) in [4.78, 5) is 0. The fourth-order valence-corrected chi connectivity index (χ4v) is 2.13. The number of halogens is 1. The van der Waals surface area contributed by atoms with Gasteiger partial charge in [0.2, 0.25) is 0 Å². The van der Waals surface area contributed by atoms with Crippen molar-refractivity contribution in [2.24, 2.45) is 0 Å². The van der Waals surface area contributed by atoms with Crippen LogP contribution in [-0.2, 0) is 12.0 Å². The molecule has 0 unspecified atom stereocenters. The molecule has 0 radical (unpaired) electrons. The standard InChI is InChI=1S/C17H20ClN/c1-17(2,3)14-10-8-13(9-11-14)12-19-16-7-5-4-6-15(16)18/h4-11,19H,12H2,1-3H3. The van der Waals surface area contributed by atoms with Crippen molar-refractivity contribution in [3.8, 4) is 0 Å². The van der Waals surface area contributed by atoms with Crippen molar-refractivity contribution in [2.45, 2.75) is 32.7 Å². The Bertz CT molecular complexity index is 538. The second-order valence-corrected chi connectivity index (χ2v) is 6.19. The lowest BCUT2D eigenvalue weighted by molar-refractivity contribution is 0.590. The van der Waals surface area contributed by atoms with E-state index in [0.29, 0.717) is 0 Å². The van der Waals surface area contributed by atoms with Crippen LogP contribution in [0.5, 0.6) is 0 Å². The van der Waals surface area contributed by atoms with Crippen LogP contribution in [0.3, 0.4) is 0 Å². The second kappa shape index (κ2) is 5.66. The number of benzene rings is 2. The summed E-state index contributed by atoms with van der Waals surface area (Å²) in [6, 6.07) is 16.5. The molecule has 2 aromatic carbocycles. The Morgan fingerprint density at radius 2 is 1.58 bits per heavy atom. The minimum atomic E-state index is 0.203. The van der Waals surface area contributed by atoms with Gasteiger partial charge in [-0.1, -0.05) is 68.8 Å². The molecule has 0 saturated heterocycles. The molecule has 0 heterocycles. The Labute approximate surface area is 120 Å². The first-order chi connectivity index (χ1) is 8.97. The third-order valence-corrected chi connectivity index (χ3v) is 3.51. The van der Waals surface area contributed by atoms with Gasteiger partial charge in [-0.15, -0.1) is 0 Å². The van der Waals surface area contributed by atoms with E-state index in [4.69, 9.17) is 11.6 Å². The highest BCUT2D eigenvalue weighted by Crippen LogP contribution is 2.23. The van der Waals surface area contributed by atoms with Crippen LogP contribution in [0.4, 0.5) is 5.69 Å². The van der Waals surface area contributed by atoms with E-state index in [2.05, 4.69) is 50.4 Å². The van der Waals surface area contributed by atoms with Crippen molar-refractivity contribution in [1.82, 2.24) is 0 Å². The van der Waals surface area contributed by atoms with Gasteiger partial charge < -0.3 is 5.32 Å². The third kappa shape index (κ3) is 3.74. The van der Waals surface area contributed by atoms with Gasteiger partial charge in [0.05, 0.1) is 10.7 Å². The van der Waals surface area contributed by atoms with Gasteiger partial charge in [0.1, 0.15) is 0 Å². The van der Waals surface area contributed by atoms with E-state index in [0.717, 1.165) is 17.3 Å². The molecular weight excluding hydrogens is 254 g/mol. The first-order valence-electron chi connectivity index (χ1n) is 6.54. The largest absolute Gasteiger partial charge is 0.380 e. The summed E-state index contributed by atoms with van der Waals surface area (Å²) in [7, 11) is 0. The minimum Gasteiger partial charge on any atom is -0.380 e. The van der Waals surface area contributed by atoms with Gasteiger partial charge in [0.15, 0.2) is 0 Å². The maximum atomic E-state index is 6.11. The quantitative estimate of drug-likeness (QED) is 0.805. The van der Waals surface area contributed by atoms with Crippen molar-refractivity contribution in [1.29, 1.82) is 0 Å². The average molecular weight is 274 g/mol. The molecule has 0 aliphatic heterocycles. The molecule has 0 atom stereocenters. The van der Waals surface area contributed by atoms with Gasteiger partial charge in [-0.3, -0.25) is 0 Å². The van der Waals surface area contributed by atoms with Gasteiger partial charge in [-0.05, 0) is 28.7 Å². The topological polar surface area (TPSA) is 12.0 Å². The lowest BCUT2D eigenvalue weighted by Crippen LogP contribution is -2.11. The van der Waals surface area contributed by atoms with Gasteiger partial charge in [-0.25, -0.2) is 0 Å². The predicted molar refractivity (Wildman–Crippen MR) is 83.9 cm³/mol. The summed E-state index contributed by atoms with van der Waals surface area (Å²) < 4.78 is 0. The maximum absolute atomic E-state index is 6.11. The molecule has 0 spiro atoms. The number of hydrogen-bond donors (Lipinski definition) is 1. The van der Waals surface area contributed by atoms with Gasteiger partial charge in [0, 0.05) is 6.54 Å². The maximum Gasteiger partial charge on any atom is 0.0637 e. The average Bonchev–Trinajstić information content (AvgIpc) is 2.37. The van der Waals surface area contributed by atoms with E-state index >= 15 is 0 Å². The Morgan fingerprint density at radius 3 is 2.16 bits per heavy atom. The lowest BCUT2D eigenvalue weighted by atomic mass is 9.87.